The van der Waals surface area contributed by atoms with Gasteiger partial charge in [-0.25, -0.2) is 4.79 Å². The molecule has 0 atom stereocenters. The highest BCUT2D eigenvalue weighted by molar-refractivity contribution is 8.11. The van der Waals surface area contributed by atoms with Crippen molar-refractivity contribution in [2.75, 3.05) is 7.05 Å². The van der Waals surface area contributed by atoms with Crippen LogP contribution in [0.2, 0.25) is 0 Å². The van der Waals surface area contributed by atoms with Gasteiger partial charge in [0.15, 0.2) is 0 Å². The third kappa shape index (κ3) is 2.51. The van der Waals surface area contributed by atoms with Gasteiger partial charge in [-0.3, -0.25) is 4.72 Å². The van der Waals surface area contributed by atoms with E-state index in [1.807, 2.05) is 12.1 Å². The Morgan fingerprint density at radius 1 is 1.24 bits per heavy atom. The van der Waals surface area contributed by atoms with Crippen molar-refractivity contribution in [3.63, 3.8) is 0 Å². The van der Waals surface area contributed by atoms with Crippen molar-refractivity contribution in [1.82, 2.24) is 4.72 Å². The summed E-state index contributed by atoms with van der Waals surface area (Å²) in [4.78, 5) is 11.4. The topological polar surface area (TPSA) is 58.6 Å². The number of hydrogen-bond acceptors (Lipinski definition) is 5. The highest BCUT2D eigenvalue weighted by Crippen LogP contribution is 2.32. The first kappa shape index (κ1) is 11.8. The Balaban J connectivity index is 2.41. The highest BCUT2D eigenvalue weighted by atomic mass is 32.2. The number of carbonyl (C=O) groups is 1. The molecule has 88 valence electrons. The molecule has 0 radical (unpaired) electrons. The molecule has 0 aliphatic carbocycles. The molecule has 2 rings (SSSR count). The molecule has 0 unspecified atom stereocenters. The Morgan fingerprint density at radius 3 is 2.65 bits per heavy atom. The molecule has 17 heavy (non-hydrogen) atoms. The molecule has 0 saturated heterocycles. The first-order valence-corrected chi connectivity index (χ1v) is 5.80. The van der Waals surface area contributed by atoms with Crippen molar-refractivity contribution in [1.29, 1.82) is 0 Å². The summed E-state index contributed by atoms with van der Waals surface area (Å²) < 4.78 is 7.81. The Labute approximate surface area is 103 Å². The quantitative estimate of drug-likeness (QED) is 0.633. The number of rotatable bonds is 2. The van der Waals surface area contributed by atoms with Gasteiger partial charge < -0.3 is 9.84 Å². The van der Waals surface area contributed by atoms with Crippen LogP contribution in [-0.2, 0) is 0 Å². The zero-order chi connectivity index (χ0) is 12.3. The minimum Gasteiger partial charge on any atom is -0.507 e. The van der Waals surface area contributed by atoms with Crippen LogP contribution in [0.15, 0.2) is 36.4 Å². The molecular weight excluding hydrogens is 238 g/mol. The lowest BCUT2D eigenvalue weighted by Crippen LogP contribution is -2.06. The molecule has 0 aliphatic rings. The van der Waals surface area contributed by atoms with Crippen LogP contribution in [0.1, 0.15) is 0 Å². The van der Waals surface area contributed by atoms with Gasteiger partial charge in [-0.1, -0.05) is 24.3 Å². The molecule has 0 heterocycles. The average molecular weight is 249 g/mol. The fourth-order valence-electron chi connectivity index (χ4n) is 1.54. The molecule has 0 fully saturated rings. The van der Waals surface area contributed by atoms with Crippen LogP contribution in [-0.4, -0.2) is 17.5 Å². The number of carbonyl (C=O) groups excluding carboxylic acids is 1. The summed E-state index contributed by atoms with van der Waals surface area (Å²) in [7, 11) is 1.64. The summed E-state index contributed by atoms with van der Waals surface area (Å²) in [5.41, 5.74) is 0. The van der Waals surface area contributed by atoms with E-state index >= 15 is 0 Å². The second-order valence-corrected chi connectivity index (χ2v) is 4.23. The Kier molecular flexibility index (Phi) is 3.51. The van der Waals surface area contributed by atoms with Gasteiger partial charge >= 0.3 is 5.30 Å². The molecule has 0 saturated carbocycles. The molecule has 0 aliphatic heterocycles. The second kappa shape index (κ2) is 5.07. The number of phenols is 1. The molecule has 2 aromatic rings. The molecule has 4 nitrogen and oxygen atoms in total. The normalized spacial score (nSPS) is 10.4. The van der Waals surface area contributed by atoms with Crippen LogP contribution < -0.4 is 9.46 Å². The van der Waals surface area contributed by atoms with Crippen molar-refractivity contribution in [2.24, 2.45) is 0 Å². The lowest BCUT2D eigenvalue weighted by molar-refractivity contribution is 0.227. The van der Waals surface area contributed by atoms with Crippen molar-refractivity contribution < 1.29 is 14.6 Å². The van der Waals surface area contributed by atoms with E-state index in [1.165, 1.54) is 6.07 Å². The van der Waals surface area contributed by atoms with Gasteiger partial charge in [0.2, 0.25) is 0 Å². The Bertz CT molecular complexity index is 556. The summed E-state index contributed by atoms with van der Waals surface area (Å²) in [6.07, 6.45) is 0. The van der Waals surface area contributed by atoms with Gasteiger partial charge in [0.25, 0.3) is 0 Å². The molecule has 0 spiro atoms. The maximum Gasteiger partial charge on any atom is 0.387 e. The molecule has 2 aromatic carbocycles. The number of nitrogens with one attached hydrogen (secondary N) is 1. The summed E-state index contributed by atoms with van der Waals surface area (Å²) >= 11 is 0.865. The van der Waals surface area contributed by atoms with Crippen molar-refractivity contribution in [3.8, 4) is 11.5 Å². The maximum atomic E-state index is 11.4. The number of phenolic OH excluding ortho intramolecular Hbond substituents is 1. The molecule has 2 N–H and O–H groups in total. The SMILES string of the molecule is CNSC(=O)Oc1ccc(O)c2ccccc12. The predicted molar refractivity (Wildman–Crippen MR) is 68.3 cm³/mol. The predicted octanol–water partition coefficient (Wildman–Crippen LogP) is 2.91. The summed E-state index contributed by atoms with van der Waals surface area (Å²) in [5, 5.41) is 10.6. The van der Waals surface area contributed by atoms with E-state index in [-0.39, 0.29) is 5.75 Å². The van der Waals surface area contributed by atoms with Crippen LogP contribution in [0.5, 0.6) is 11.5 Å². The minimum absolute atomic E-state index is 0.168. The van der Waals surface area contributed by atoms with Crippen LogP contribution in [0.3, 0.4) is 0 Å². The molecule has 5 heteroatoms. The fraction of sp³-hybridized carbons (Fsp3) is 0.0833. The molecular formula is C12H11NO3S. The van der Waals surface area contributed by atoms with Gasteiger partial charge in [0.05, 0.1) is 0 Å². The average Bonchev–Trinajstić information content (AvgIpc) is 2.34. The van der Waals surface area contributed by atoms with Crippen molar-refractivity contribution in [2.45, 2.75) is 0 Å². The number of aromatic hydroxyl groups is 1. The Hall–Kier alpha value is -1.72. The highest BCUT2D eigenvalue weighted by Gasteiger charge is 2.09. The zero-order valence-corrected chi connectivity index (χ0v) is 9.95. The molecule has 0 bridgehead atoms. The third-order valence-corrected chi connectivity index (χ3v) is 2.69. The minimum atomic E-state index is -0.441. The van der Waals surface area contributed by atoms with Gasteiger partial charge in [0.1, 0.15) is 11.5 Å². The van der Waals surface area contributed by atoms with Crippen LogP contribution in [0, 0.1) is 0 Å². The van der Waals surface area contributed by atoms with Gasteiger partial charge in [-0.15, -0.1) is 0 Å². The van der Waals surface area contributed by atoms with Crippen molar-refractivity contribution in [3.05, 3.63) is 36.4 Å². The summed E-state index contributed by atoms with van der Waals surface area (Å²) in [5.74, 6) is 0.604. The van der Waals surface area contributed by atoms with Crippen LogP contribution >= 0.6 is 11.9 Å². The third-order valence-electron chi connectivity index (χ3n) is 2.24. The maximum absolute atomic E-state index is 11.4. The number of fused-ring (bicyclic) bond motifs is 1. The van der Waals surface area contributed by atoms with Crippen LogP contribution in [0.4, 0.5) is 4.79 Å². The summed E-state index contributed by atoms with van der Waals surface area (Å²) in [6.45, 7) is 0. The lowest BCUT2D eigenvalue weighted by atomic mass is 10.1. The monoisotopic (exact) mass is 249 g/mol. The number of benzene rings is 2. The number of ether oxygens (including phenoxy) is 1. The second-order valence-electron chi connectivity index (χ2n) is 3.29. The van der Waals surface area contributed by atoms with Gasteiger partial charge in [-0.05, 0) is 19.2 Å². The van der Waals surface area contributed by atoms with E-state index in [9.17, 15) is 9.90 Å². The van der Waals surface area contributed by atoms with Gasteiger partial charge in [-0.2, -0.15) is 0 Å². The largest absolute Gasteiger partial charge is 0.507 e. The number of hydrogen-bond donors (Lipinski definition) is 2. The molecule has 0 aromatic heterocycles. The fourth-order valence-corrected chi connectivity index (χ4v) is 1.84. The van der Waals surface area contributed by atoms with Crippen molar-refractivity contribution >= 4 is 28.0 Å². The molecule has 0 amide bonds. The van der Waals surface area contributed by atoms with Crippen LogP contribution in [0.25, 0.3) is 10.8 Å². The Morgan fingerprint density at radius 2 is 1.94 bits per heavy atom. The van der Waals surface area contributed by atoms with E-state index in [0.717, 1.165) is 11.9 Å². The standard InChI is InChI=1S/C12H11NO3S/c1-13-17-12(15)16-11-7-6-10(14)8-4-2-3-5-9(8)11/h2-7,13-14H,1H3. The van der Waals surface area contributed by atoms with E-state index in [2.05, 4.69) is 4.72 Å². The summed E-state index contributed by atoms with van der Waals surface area (Å²) in [6, 6.07) is 10.3. The zero-order valence-electron chi connectivity index (χ0n) is 9.14. The van der Waals surface area contributed by atoms with E-state index < -0.39 is 5.30 Å². The van der Waals surface area contributed by atoms with E-state index in [1.54, 1.807) is 25.2 Å². The lowest BCUT2D eigenvalue weighted by Gasteiger charge is -2.07. The first-order valence-electron chi connectivity index (χ1n) is 4.98. The van der Waals surface area contributed by atoms with E-state index in [0.29, 0.717) is 16.5 Å². The van der Waals surface area contributed by atoms with Gasteiger partial charge in [0, 0.05) is 22.7 Å². The van der Waals surface area contributed by atoms with E-state index in [4.69, 9.17) is 4.74 Å². The smallest absolute Gasteiger partial charge is 0.387 e. The first-order chi connectivity index (χ1) is 8.22.